The van der Waals surface area contributed by atoms with Gasteiger partial charge in [0, 0.05) is 43.1 Å². The van der Waals surface area contributed by atoms with Crippen LogP contribution < -0.4 is 30.5 Å². The lowest BCUT2D eigenvalue weighted by atomic mass is 10.2. The molecule has 0 saturated carbocycles. The highest BCUT2D eigenvalue weighted by Gasteiger charge is 2.21. The van der Waals surface area contributed by atoms with Gasteiger partial charge in [0.15, 0.2) is 0 Å². The number of hydrogen-bond acceptors (Lipinski definition) is 8. The van der Waals surface area contributed by atoms with Gasteiger partial charge in [-0.3, -0.25) is 4.79 Å². The molecule has 1 aliphatic rings. The Morgan fingerprint density at radius 2 is 1.84 bits per heavy atom. The Kier molecular flexibility index (Phi) is 9.45. The average molecular weight is 580 g/mol. The molecule has 11 heteroatoms. The summed E-state index contributed by atoms with van der Waals surface area (Å²) in [6.07, 6.45) is 2.56. The summed E-state index contributed by atoms with van der Waals surface area (Å²) in [5.41, 5.74) is 3.68. The highest BCUT2D eigenvalue weighted by atomic mass is 16.5. The quantitative estimate of drug-likeness (QED) is 0.218. The van der Waals surface area contributed by atoms with Crippen molar-refractivity contribution in [3.8, 4) is 5.75 Å². The lowest BCUT2D eigenvalue weighted by Gasteiger charge is -2.29. The first-order valence-corrected chi connectivity index (χ1v) is 13.8. The molecule has 1 saturated heterocycles. The smallest absolute Gasteiger partial charge is 0.327 e. The van der Waals surface area contributed by atoms with Crippen LogP contribution in [0.5, 0.6) is 5.75 Å². The van der Waals surface area contributed by atoms with Crippen LogP contribution >= 0.6 is 0 Å². The minimum Gasteiger partial charge on any atom is -0.494 e. The van der Waals surface area contributed by atoms with Crippen LogP contribution in [0, 0.1) is 0 Å². The molecule has 4 aromatic rings. The largest absolute Gasteiger partial charge is 0.494 e. The number of benzene rings is 3. The third kappa shape index (κ3) is 7.46. The number of morpholine rings is 1. The maximum absolute atomic E-state index is 13.7. The van der Waals surface area contributed by atoms with E-state index in [1.54, 1.807) is 37.4 Å². The van der Waals surface area contributed by atoms with Gasteiger partial charge in [-0.05, 0) is 42.0 Å². The summed E-state index contributed by atoms with van der Waals surface area (Å²) in [5.74, 6) is 1.06. The lowest BCUT2D eigenvalue weighted by molar-refractivity contribution is -0.111. The van der Waals surface area contributed by atoms with Gasteiger partial charge < -0.3 is 30.3 Å². The van der Waals surface area contributed by atoms with E-state index in [0.717, 1.165) is 24.3 Å². The summed E-state index contributed by atoms with van der Waals surface area (Å²) in [4.78, 5) is 38.1. The molecular formula is C32H33N7O4. The van der Waals surface area contributed by atoms with Gasteiger partial charge >= 0.3 is 6.03 Å². The number of aromatic nitrogens is 2. The second-order valence-electron chi connectivity index (χ2n) is 9.59. The fourth-order valence-corrected chi connectivity index (χ4v) is 4.60. The number of carbonyl (C=O) groups is 2. The standard InChI is InChI=1S/C32H33N7O4/c1-3-31(40)36-24-10-7-11-26(18-24)39(32(41)33-21-23-8-5-4-6-9-23)30-20-29(34-22-35-30)37-27-13-12-25(19-28(27)42-2)38-14-16-43-17-15-38/h3-13,18-20,22H,1,14-17,21H2,2H3,(H,33,41)(H,36,40)(H,34,35,37). The number of hydrogen-bond donors (Lipinski definition) is 3. The average Bonchev–Trinajstić information content (AvgIpc) is 3.05. The first kappa shape index (κ1) is 29.1. The van der Waals surface area contributed by atoms with Crippen LogP contribution in [0.25, 0.3) is 0 Å². The predicted molar refractivity (Wildman–Crippen MR) is 167 cm³/mol. The topological polar surface area (TPSA) is 121 Å². The van der Waals surface area contributed by atoms with E-state index >= 15 is 0 Å². The van der Waals surface area contributed by atoms with E-state index in [4.69, 9.17) is 9.47 Å². The van der Waals surface area contributed by atoms with E-state index in [1.807, 2.05) is 48.5 Å². The first-order valence-electron chi connectivity index (χ1n) is 13.8. The van der Waals surface area contributed by atoms with Crippen LogP contribution in [0.15, 0.2) is 97.8 Å². The fraction of sp³-hybridized carbons (Fsp3) is 0.188. The molecule has 3 N–H and O–H groups in total. The van der Waals surface area contributed by atoms with E-state index in [-0.39, 0.29) is 5.91 Å². The zero-order chi connectivity index (χ0) is 30.0. The van der Waals surface area contributed by atoms with E-state index < -0.39 is 6.03 Å². The first-order chi connectivity index (χ1) is 21.0. The number of rotatable bonds is 10. The molecule has 0 unspecified atom stereocenters. The summed E-state index contributed by atoms with van der Waals surface area (Å²) >= 11 is 0. The number of nitrogens with one attached hydrogen (secondary N) is 3. The van der Waals surface area contributed by atoms with Crippen molar-refractivity contribution in [3.05, 3.63) is 103 Å². The monoisotopic (exact) mass is 579 g/mol. The third-order valence-corrected chi connectivity index (χ3v) is 6.75. The van der Waals surface area contributed by atoms with Crippen molar-refractivity contribution in [2.24, 2.45) is 0 Å². The Bertz CT molecular complexity index is 1580. The normalized spacial score (nSPS) is 12.6. The van der Waals surface area contributed by atoms with Gasteiger partial charge in [0.1, 0.15) is 23.7 Å². The zero-order valence-corrected chi connectivity index (χ0v) is 23.8. The van der Waals surface area contributed by atoms with Crippen molar-refractivity contribution in [1.29, 1.82) is 0 Å². The second kappa shape index (κ2) is 14.0. The molecule has 1 fully saturated rings. The van der Waals surface area contributed by atoms with Crippen LogP contribution in [0.1, 0.15) is 5.56 Å². The van der Waals surface area contributed by atoms with Gasteiger partial charge in [-0.15, -0.1) is 0 Å². The van der Waals surface area contributed by atoms with Crippen molar-refractivity contribution in [2.75, 3.05) is 53.8 Å². The van der Waals surface area contributed by atoms with Gasteiger partial charge in [0.05, 0.1) is 31.7 Å². The SMILES string of the molecule is C=CC(=O)Nc1cccc(N(C(=O)NCc2ccccc2)c2cc(Nc3ccc(N4CCOCC4)cc3OC)ncn2)c1. The van der Waals surface area contributed by atoms with Gasteiger partial charge in [-0.2, -0.15) is 0 Å². The summed E-state index contributed by atoms with van der Waals surface area (Å²) in [7, 11) is 1.62. The molecule has 0 radical (unpaired) electrons. The van der Waals surface area contributed by atoms with Crippen LogP contribution in [0.3, 0.4) is 0 Å². The Balaban J connectivity index is 1.43. The van der Waals surface area contributed by atoms with Crippen molar-refractivity contribution in [1.82, 2.24) is 15.3 Å². The van der Waals surface area contributed by atoms with Crippen LogP contribution in [-0.4, -0.2) is 55.3 Å². The number of methoxy groups -OCH3 is 1. The highest BCUT2D eigenvalue weighted by molar-refractivity contribution is 6.01. The van der Waals surface area contributed by atoms with E-state index in [9.17, 15) is 9.59 Å². The van der Waals surface area contributed by atoms with Gasteiger partial charge in [-0.25, -0.2) is 19.7 Å². The molecule has 43 heavy (non-hydrogen) atoms. The molecule has 0 bridgehead atoms. The minimum absolute atomic E-state index is 0.311. The summed E-state index contributed by atoms with van der Waals surface area (Å²) in [6.45, 7) is 6.81. The number of carbonyl (C=O) groups excluding carboxylic acids is 2. The molecule has 1 aromatic heterocycles. The number of ether oxygens (including phenoxy) is 2. The summed E-state index contributed by atoms with van der Waals surface area (Å²) < 4.78 is 11.2. The van der Waals surface area contributed by atoms with Crippen molar-refractivity contribution < 1.29 is 19.1 Å². The molecule has 3 aromatic carbocycles. The van der Waals surface area contributed by atoms with Crippen LogP contribution in [-0.2, 0) is 16.1 Å². The predicted octanol–water partition coefficient (Wildman–Crippen LogP) is 5.24. The number of amides is 3. The molecular weight excluding hydrogens is 546 g/mol. The van der Waals surface area contributed by atoms with Gasteiger partial charge in [0.25, 0.3) is 0 Å². The molecule has 220 valence electrons. The molecule has 2 heterocycles. The van der Waals surface area contributed by atoms with Crippen molar-refractivity contribution in [2.45, 2.75) is 6.54 Å². The molecule has 3 amide bonds. The molecule has 0 aliphatic carbocycles. The Morgan fingerprint density at radius 3 is 2.60 bits per heavy atom. The minimum atomic E-state index is -0.409. The number of nitrogens with zero attached hydrogens (tertiary/aromatic N) is 4. The Labute approximate surface area is 250 Å². The van der Waals surface area contributed by atoms with Crippen molar-refractivity contribution >= 4 is 46.3 Å². The van der Waals surface area contributed by atoms with Gasteiger partial charge in [-0.1, -0.05) is 43.0 Å². The zero-order valence-electron chi connectivity index (χ0n) is 23.8. The van der Waals surface area contributed by atoms with E-state index in [2.05, 4.69) is 37.4 Å². The number of anilines is 6. The third-order valence-electron chi connectivity index (χ3n) is 6.75. The molecule has 0 atom stereocenters. The number of urea groups is 1. The fourth-order valence-electron chi connectivity index (χ4n) is 4.60. The van der Waals surface area contributed by atoms with Crippen molar-refractivity contribution in [3.63, 3.8) is 0 Å². The molecule has 1 aliphatic heterocycles. The maximum Gasteiger partial charge on any atom is 0.327 e. The van der Waals surface area contributed by atoms with Gasteiger partial charge in [0.2, 0.25) is 5.91 Å². The van der Waals surface area contributed by atoms with Crippen LogP contribution in [0.2, 0.25) is 0 Å². The second-order valence-corrected chi connectivity index (χ2v) is 9.59. The summed E-state index contributed by atoms with van der Waals surface area (Å²) in [5, 5.41) is 8.99. The maximum atomic E-state index is 13.7. The Morgan fingerprint density at radius 1 is 1.02 bits per heavy atom. The lowest BCUT2D eigenvalue weighted by Crippen LogP contribution is -2.37. The van der Waals surface area contributed by atoms with Crippen LogP contribution in [0.4, 0.5) is 39.2 Å². The Hall–Kier alpha value is -5.42. The van der Waals surface area contributed by atoms with E-state index in [1.165, 1.54) is 17.3 Å². The van der Waals surface area contributed by atoms with E-state index in [0.29, 0.717) is 54.2 Å². The summed E-state index contributed by atoms with van der Waals surface area (Å²) in [6, 6.07) is 23.7. The highest BCUT2D eigenvalue weighted by Crippen LogP contribution is 2.33. The molecule has 5 rings (SSSR count). The molecule has 11 nitrogen and oxygen atoms in total. The molecule has 0 spiro atoms.